The SMILES string of the molecule is CC(Cc1ccccc1)NC(CN(C)C)C(C)C. The maximum Gasteiger partial charge on any atom is 0.0220 e. The third kappa shape index (κ3) is 5.65. The lowest BCUT2D eigenvalue weighted by Gasteiger charge is -2.29. The van der Waals surface area contributed by atoms with Crippen LogP contribution < -0.4 is 5.32 Å². The summed E-state index contributed by atoms with van der Waals surface area (Å²) in [6.07, 6.45) is 1.09. The first kappa shape index (κ1) is 15.2. The highest BCUT2D eigenvalue weighted by Crippen LogP contribution is 2.07. The molecule has 0 radical (unpaired) electrons. The summed E-state index contributed by atoms with van der Waals surface area (Å²) in [6.45, 7) is 7.95. The van der Waals surface area contributed by atoms with E-state index in [4.69, 9.17) is 0 Å². The molecule has 0 aromatic heterocycles. The number of nitrogens with one attached hydrogen (secondary N) is 1. The third-order valence-corrected chi connectivity index (χ3v) is 3.25. The molecule has 0 saturated carbocycles. The number of rotatable bonds is 7. The fourth-order valence-electron chi connectivity index (χ4n) is 2.24. The minimum absolute atomic E-state index is 0.514. The van der Waals surface area contributed by atoms with Crippen LogP contribution in [-0.4, -0.2) is 37.6 Å². The zero-order chi connectivity index (χ0) is 13.5. The number of nitrogens with zero attached hydrogens (tertiary/aromatic N) is 1. The van der Waals surface area contributed by atoms with Crippen molar-refractivity contribution in [2.45, 2.75) is 39.3 Å². The van der Waals surface area contributed by atoms with Gasteiger partial charge in [-0.25, -0.2) is 0 Å². The van der Waals surface area contributed by atoms with Gasteiger partial charge in [-0.1, -0.05) is 44.2 Å². The Morgan fingerprint density at radius 1 is 1.06 bits per heavy atom. The van der Waals surface area contributed by atoms with E-state index in [1.807, 2.05) is 0 Å². The van der Waals surface area contributed by atoms with Crippen LogP contribution in [0.5, 0.6) is 0 Å². The van der Waals surface area contributed by atoms with Crippen molar-refractivity contribution >= 4 is 0 Å². The molecule has 0 amide bonds. The van der Waals surface area contributed by atoms with E-state index < -0.39 is 0 Å². The van der Waals surface area contributed by atoms with E-state index in [2.05, 4.69) is 75.4 Å². The van der Waals surface area contributed by atoms with Gasteiger partial charge in [0, 0.05) is 18.6 Å². The van der Waals surface area contributed by atoms with Crippen molar-refractivity contribution in [3.8, 4) is 0 Å². The van der Waals surface area contributed by atoms with E-state index >= 15 is 0 Å². The molecule has 1 rings (SSSR count). The average Bonchev–Trinajstić information content (AvgIpc) is 2.28. The van der Waals surface area contributed by atoms with Gasteiger partial charge < -0.3 is 10.2 Å². The summed E-state index contributed by atoms with van der Waals surface area (Å²) >= 11 is 0. The minimum Gasteiger partial charge on any atom is -0.310 e. The van der Waals surface area contributed by atoms with Crippen LogP contribution in [0.25, 0.3) is 0 Å². The fourth-order valence-corrected chi connectivity index (χ4v) is 2.24. The first-order valence-corrected chi connectivity index (χ1v) is 6.93. The van der Waals surface area contributed by atoms with Crippen molar-refractivity contribution in [2.24, 2.45) is 5.92 Å². The minimum atomic E-state index is 0.514. The van der Waals surface area contributed by atoms with Crippen LogP contribution in [0.4, 0.5) is 0 Å². The van der Waals surface area contributed by atoms with E-state index in [0.717, 1.165) is 13.0 Å². The Hall–Kier alpha value is -0.860. The van der Waals surface area contributed by atoms with E-state index in [1.165, 1.54) is 5.56 Å². The van der Waals surface area contributed by atoms with Crippen LogP contribution in [0.2, 0.25) is 0 Å². The van der Waals surface area contributed by atoms with Gasteiger partial charge >= 0.3 is 0 Å². The Labute approximate surface area is 112 Å². The predicted molar refractivity (Wildman–Crippen MR) is 79.9 cm³/mol. The lowest BCUT2D eigenvalue weighted by Crippen LogP contribution is -2.46. The summed E-state index contributed by atoms with van der Waals surface area (Å²) in [6, 6.07) is 11.8. The molecule has 0 spiro atoms. The molecule has 18 heavy (non-hydrogen) atoms. The quantitative estimate of drug-likeness (QED) is 0.798. The molecular weight excluding hydrogens is 220 g/mol. The molecule has 2 atom stereocenters. The first-order valence-electron chi connectivity index (χ1n) is 6.93. The Morgan fingerprint density at radius 2 is 1.67 bits per heavy atom. The van der Waals surface area contributed by atoms with Gasteiger partial charge in [0.2, 0.25) is 0 Å². The second-order valence-electron chi connectivity index (χ2n) is 5.87. The van der Waals surface area contributed by atoms with Gasteiger partial charge in [0.1, 0.15) is 0 Å². The smallest absolute Gasteiger partial charge is 0.0220 e. The molecule has 0 heterocycles. The standard InChI is InChI=1S/C16H28N2/c1-13(2)16(12-18(4)5)17-14(3)11-15-9-7-6-8-10-15/h6-10,13-14,16-17H,11-12H2,1-5H3. The molecule has 1 N–H and O–H groups in total. The van der Waals surface area contributed by atoms with E-state index in [0.29, 0.717) is 18.0 Å². The number of benzene rings is 1. The summed E-state index contributed by atoms with van der Waals surface area (Å²) in [4.78, 5) is 2.26. The highest BCUT2D eigenvalue weighted by Gasteiger charge is 2.16. The van der Waals surface area contributed by atoms with E-state index in [-0.39, 0.29) is 0 Å². The maximum absolute atomic E-state index is 3.75. The lowest BCUT2D eigenvalue weighted by molar-refractivity contribution is 0.272. The molecule has 2 unspecified atom stereocenters. The van der Waals surface area contributed by atoms with Crippen molar-refractivity contribution in [1.29, 1.82) is 0 Å². The van der Waals surface area contributed by atoms with Crippen LogP contribution in [0.15, 0.2) is 30.3 Å². The second-order valence-corrected chi connectivity index (χ2v) is 5.87. The molecule has 1 aromatic rings. The third-order valence-electron chi connectivity index (χ3n) is 3.25. The van der Waals surface area contributed by atoms with E-state index in [9.17, 15) is 0 Å². The van der Waals surface area contributed by atoms with Crippen LogP contribution in [-0.2, 0) is 6.42 Å². The summed E-state index contributed by atoms with van der Waals surface area (Å²) in [7, 11) is 4.28. The van der Waals surface area contributed by atoms with Gasteiger partial charge in [-0.15, -0.1) is 0 Å². The summed E-state index contributed by atoms with van der Waals surface area (Å²) < 4.78 is 0. The first-order chi connectivity index (χ1) is 8.49. The average molecular weight is 248 g/mol. The fraction of sp³-hybridized carbons (Fsp3) is 0.625. The zero-order valence-electron chi connectivity index (χ0n) is 12.5. The van der Waals surface area contributed by atoms with Crippen molar-refractivity contribution in [1.82, 2.24) is 10.2 Å². The van der Waals surface area contributed by atoms with Crippen molar-refractivity contribution in [3.05, 3.63) is 35.9 Å². The molecule has 0 aliphatic rings. The normalized spacial score (nSPS) is 15.1. The summed E-state index contributed by atoms with van der Waals surface area (Å²) in [5.41, 5.74) is 1.41. The molecule has 0 aliphatic heterocycles. The highest BCUT2D eigenvalue weighted by molar-refractivity contribution is 5.15. The molecule has 0 saturated heterocycles. The molecule has 0 bridgehead atoms. The van der Waals surface area contributed by atoms with Crippen molar-refractivity contribution in [3.63, 3.8) is 0 Å². The molecule has 102 valence electrons. The summed E-state index contributed by atoms with van der Waals surface area (Å²) in [5.74, 6) is 0.658. The van der Waals surface area contributed by atoms with Gasteiger partial charge in [-0.2, -0.15) is 0 Å². The van der Waals surface area contributed by atoms with Crippen LogP contribution in [0.1, 0.15) is 26.3 Å². The van der Waals surface area contributed by atoms with Crippen LogP contribution in [0.3, 0.4) is 0 Å². The molecular formula is C16H28N2. The molecule has 2 nitrogen and oxygen atoms in total. The van der Waals surface area contributed by atoms with Gasteiger partial charge in [0.15, 0.2) is 0 Å². The Kier molecular flexibility index (Phi) is 6.37. The monoisotopic (exact) mass is 248 g/mol. The number of likely N-dealkylation sites (N-methyl/N-ethyl adjacent to an activating group) is 1. The Balaban J connectivity index is 2.48. The molecule has 0 aliphatic carbocycles. The van der Waals surface area contributed by atoms with Crippen LogP contribution in [0, 0.1) is 5.92 Å². The largest absolute Gasteiger partial charge is 0.310 e. The van der Waals surface area contributed by atoms with Gasteiger partial charge in [-0.3, -0.25) is 0 Å². The van der Waals surface area contributed by atoms with Crippen molar-refractivity contribution in [2.75, 3.05) is 20.6 Å². The maximum atomic E-state index is 3.75. The summed E-state index contributed by atoms with van der Waals surface area (Å²) in [5, 5.41) is 3.75. The van der Waals surface area contributed by atoms with Gasteiger partial charge in [0.05, 0.1) is 0 Å². The van der Waals surface area contributed by atoms with Crippen LogP contribution >= 0.6 is 0 Å². The highest BCUT2D eigenvalue weighted by atomic mass is 15.1. The second kappa shape index (κ2) is 7.55. The van der Waals surface area contributed by atoms with Gasteiger partial charge in [0.25, 0.3) is 0 Å². The predicted octanol–water partition coefficient (Wildman–Crippen LogP) is 2.79. The van der Waals surface area contributed by atoms with Crippen molar-refractivity contribution < 1.29 is 0 Å². The Morgan fingerprint density at radius 3 is 2.17 bits per heavy atom. The number of hydrogen-bond acceptors (Lipinski definition) is 2. The lowest BCUT2D eigenvalue weighted by atomic mass is 10.0. The molecule has 1 aromatic carbocycles. The van der Waals surface area contributed by atoms with E-state index in [1.54, 1.807) is 0 Å². The zero-order valence-corrected chi connectivity index (χ0v) is 12.5. The molecule has 0 fully saturated rings. The van der Waals surface area contributed by atoms with Gasteiger partial charge in [-0.05, 0) is 38.9 Å². The number of hydrogen-bond donors (Lipinski definition) is 1. The Bertz CT molecular complexity index is 319. The topological polar surface area (TPSA) is 15.3 Å². The molecule has 2 heteroatoms.